The SMILES string of the molecule is Cc1cc2c(cc1C)OC(O)CC2. The molecule has 0 spiro atoms. The molecule has 2 nitrogen and oxygen atoms in total. The fourth-order valence-corrected chi connectivity index (χ4v) is 1.64. The van der Waals surface area contributed by atoms with Gasteiger partial charge >= 0.3 is 0 Å². The van der Waals surface area contributed by atoms with Crippen molar-refractivity contribution in [2.24, 2.45) is 0 Å². The average Bonchev–Trinajstić information content (AvgIpc) is 2.08. The lowest BCUT2D eigenvalue weighted by atomic mass is 10.00. The van der Waals surface area contributed by atoms with E-state index in [1.807, 2.05) is 6.07 Å². The zero-order chi connectivity index (χ0) is 9.42. The number of rotatable bonds is 0. The Bertz CT molecular complexity index is 331. The molecule has 1 heterocycles. The van der Waals surface area contributed by atoms with E-state index in [1.54, 1.807) is 0 Å². The largest absolute Gasteiger partial charge is 0.465 e. The van der Waals surface area contributed by atoms with Crippen LogP contribution >= 0.6 is 0 Å². The third-order valence-corrected chi connectivity index (χ3v) is 2.60. The molecular weight excluding hydrogens is 164 g/mol. The molecule has 0 bridgehead atoms. The van der Waals surface area contributed by atoms with Crippen LogP contribution in [0, 0.1) is 13.8 Å². The maximum absolute atomic E-state index is 9.29. The fourth-order valence-electron chi connectivity index (χ4n) is 1.64. The van der Waals surface area contributed by atoms with E-state index in [2.05, 4.69) is 19.9 Å². The summed E-state index contributed by atoms with van der Waals surface area (Å²) in [5.74, 6) is 0.849. The Morgan fingerprint density at radius 2 is 2.00 bits per heavy atom. The predicted octanol–water partition coefficient (Wildman–Crippen LogP) is 1.95. The zero-order valence-corrected chi connectivity index (χ0v) is 8.00. The molecule has 1 aliphatic rings. The second-order valence-corrected chi connectivity index (χ2v) is 3.66. The van der Waals surface area contributed by atoms with E-state index in [0.717, 1.165) is 12.2 Å². The van der Waals surface area contributed by atoms with Crippen LogP contribution < -0.4 is 4.74 Å². The Balaban J connectivity index is 2.43. The van der Waals surface area contributed by atoms with E-state index < -0.39 is 6.29 Å². The van der Waals surface area contributed by atoms with E-state index in [1.165, 1.54) is 16.7 Å². The van der Waals surface area contributed by atoms with Gasteiger partial charge < -0.3 is 9.84 Å². The first-order chi connectivity index (χ1) is 6.16. The van der Waals surface area contributed by atoms with Crippen LogP contribution in [0.2, 0.25) is 0 Å². The van der Waals surface area contributed by atoms with Gasteiger partial charge in [0.15, 0.2) is 6.29 Å². The first-order valence-electron chi connectivity index (χ1n) is 4.61. The van der Waals surface area contributed by atoms with Crippen molar-refractivity contribution in [3.63, 3.8) is 0 Å². The lowest BCUT2D eigenvalue weighted by Crippen LogP contribution is -2.21. The van der Waals surface area contributed by atoms with Crippen molar-refractivity contribution in [2.75, 3.05) is 0 Å². The Morgan fingerprint density at radius 3 is 2.77 bits per heavy atom. The van der Waals surface area contributed by atoms with Crippen LogP contribution in [0.3, 0.4) is 0 Å². The lowest BCUT2D eigenvalue weighted by Gasteiger charge is -2.23. The molecule has 2 rings (SSSR count). The summed E-state index contributed by atoms with van der Waals surface area (Å²) in [7, 11) is 0. The number of hydrogen-bond donors (Lipinski definition) is 1. The van der Waals surface area contributed by atoms with Crippen molar-refractivity contribution in [1.82, 2.24) is 0 Å². The van der Waals surface area contributed by atoms with E-state index in [-0.39, 0.29) is 0 Å². The highest BCUT2D eigenvalue weighted by Gasteiger charge is 2.17. The van der Waals surface area contributed by atoms with Crippen molar-refractivity contribution in [3.05, 3.63) is 28.8 Å². The molecule has 0 aliphatic carbocycles. The lowest BCUT2D eigenvalue weighted by molar-refractivity contribution is -0.0316. The fraction of sp³-hybridized carbons (Fsp3) is 0.455. The Morgan fingerprint density at radius 1 is 1.31 bits per heavy atom. The summed E-state index contributed by atoms with van der Waals surface area (Å²) < 4.78 is 5.32. The Hall–Kier alpha value is -1.02. The van der Waals surface area contributed by atoms with Gasteiger partial charge in [-0.05, 0) is 43.0 Å². The minimum absolute atomic E-state index is 0.616. The molecule has 0 amide bonds. The number of aliphatic hydroxyl groups is 1. The maximum Gasteiger partial charge on any atom is 0.197 e. The topological polar surface area (TPSA) is 29.5 Å². The van der Waals surface area contributed by atoms with Gasteiger partial charge in [-0.25, -0.2) is 0 Å². The number of aliphatic hydroxyl groups excluding tert-OH is 1. The third-order valence-electron chi connectivity index (χ3n) is 2.60. The standard InChI is InChI=1S/C11H14O2/c1-7-5-9-3-4-11(12)13-10(9)6-8(7)2/h5-6,11-12H,3-4H2,1-2H3. The predicted molar refractivity (Wildman–Crippen MR) is 50.9 cm³/mol. The summed E-state index contributed by atoms with van der Waals surface area (Å²) >= 11 is 0. The van der Waals surface area contributed by atoms with Gasteiger partial charge in [-0.1, -0.05) is 6.07 Å². The van der Waals surface area contributed by atoms with Gasteiger partial charge in [-0.3, -0.25) is 0 Å². The summed E-state index contributed by atoms with van der Waals surface area (Å²) in [6.07, 6.45) is 1.00. The molecule has 1 N–H and O–H groups in total. The summed E-state index contributed by atoms with van der Waals surface area (Å²) in [4.78, 5) is 0. The minimum Gasteiger partial charge on any atom is -0.465 e. The van der Waals surface area contributed by atoms with Gasteiger partial charge in [-0.15, -0.1) is 0 Å². The number of aryl methyl sites for hydroxylation is 3. The maximum atomic E-state index is 9.29. The molecule has 1 aromatic carbocycles. The smallest absolute Gasteiger partial charge is 0.197 e. The Labute approximate surface area is 78.2 Å². The van der Waals surface area contributed by atoms with Crippen LogP contribution in [0.4, 0.5) is 0 Å². The highest BCUT2D eigenvalue weighted by molar-refractivity contribution is 5.42. The second kappa shape index (κ2) is 3.04. The van der Waals surface area contributed by atoms with Gasteiger partial charge in [0, 0.05) is 6.42 Å². The number of benzene rings is 1. The normalized spacial score (nSPS) is 20.7. The van der Waals surface area contributed by atoms with Crippen molar-refractivity contribution >= 4 is 0 Å². The molecule has 0 saturated heterocycles. The van der Waals surface area contributed by atoms with Gasteiger partial charge in [0.1, 0.15) is 5.75 Å². The summed E-state index contributed by atoms with van der Waals surface area (Å²) in [6.45, 7) is 4.15. The molecule has 2 heteroatoms. The molecule has 1 atom stereocenters. The zero-order valence-electron chi connectivity index (χ0n) is 8.00. The molecule has 1 unspecified atom stereocenters. The third kappa shape index (κ3) is 1.54. The van der Waals surface area contributed by atoms with Crippen molar-refractivity contribution in [1.29, 1.82) is 0 Å². The first kappa shape index (κ1) is 8.57. The van der Waals surface area contributed by atoms with Crippen molar-refractivity contribution in [2.45, 2.75) is 33.0 Å². The molecular formula is C11H14O2. The second-order valence-electron chi connectivity index (χ2n) is 3.66. The number of ether oxygens (including phenoxy) is 1. The van der Waals surface area contributed by atoms with Gasteiger partial charge in [0.2, 0.25) is 0 Å². The summed E-state index contributed by atoms with van der Waals surface area (Å²) in [6, 6.07) is 4.16. The molecule has 70 valence electrons. The van der Waals surface area contributed by atoms with Crippen LogP contribution in [0.15, 0.2) is 12.1 Å². The van der Waals surface area contributed by atoms with E-state index in [9.17, 15) is 5.11 Å². The van der Waals surface area contributed by atoms with E-state index in [0.29, 0.717) is 6.42 Å². The highest BCUT2D eigenvalue weighted by atomic mass is 16.6. The Kier molecular flexibility index (Phi) is 2.00. The van der Waals surface area contributed by atoms with Crippen molar-refractivity contribution < 1.29 is 9.84 Å². The van der Waals surface area contributed by atoms with Crippen LogP contribution in [0.1, 0.15) is 23.1 Å². The van der Waals surface area contributed by atoms with Crippen molar-refractivity contribution in [3.8, 4) is 5.75 Å². The first-order valence-corrected chi connectivity index (χ1v) is 4.61. The molecule has 1 aliphatic heterocycles. The van der Waals surface area contributed by atoms with Gasteiger partial charge in [0.05, 0.1) is 0 Å². The van der Waals surface area contributed by atoms with Crippen LogP contribution in [0.25, 0.3) is 0 Å². The molecule has 0 radical (unpaired) electrons. The van der Waals surface area contributed by atoms with E-state index >= 15 is 0 Å². The molecule has 0 aromatic heterocycles. The summed E-state index contributed by atoms with van der Waals surface area (Å²) in [5.41, 5.74) is 3.72. The van der Waals surface area contributed by atoms with Crippen LogP contribution in [-0.4, -0.2) is 11.4 Å². The summed E-state index contributed by atoms with van der Waals surface area (Å²) in [5, 5.41) is 9.29. The monoisotopic (exact) mass is 178 g/mol. The molecule has 13 heavy (non-hydrogen) atoms. The van der Waals surface area contributed by atoms with Gasteiger partial charge in [0.25, 0.3) is 0 Å². The minimum atomic E-state index is -0.616. The van der Waals surface area contributed by atoms with Crippen LogP contribution in [0.5, 0.6) is 5.75 Å². The number of fused-ring (bicyclic) bond motifs is 1. The average molecular weight is 178 g/mol. The van der Waals surface area contributed by atoms with E-state index in [4.69, 9.17) is 4.74 Å². The molecule has 1 aromatic rings. The quantitative estimate of drug-likeness (QED) is 0.658. The number of hydrogen-bond acceptors (Lipinski definition) is 2. The molecule has 0 saturated carbocycles. The van der Waals surface area contributed by atoms with Crippen LogP contribution in [-0.2, 0) is 6.42 Å². The highest BCUT2D eigenvalue weighted by Crippen LogP contribution is 2.29. The van der Waals surface area contributed by atoms with Gasteiger partial charge in [-0.2, -0.15) is 0 Å². The molecule has 0 fully saturated rings.